The van der Waals surface area contributed by atoms with E-state index in [1.807, 2.05) is 0 Å². The zero-order valence-electron chi connectivity index (χ0n) is 8.98. The first-order valence-electron chi connectivity index (χ1n) is 5.02. The molecule has 0 radical (unpaired) electrons. The van der Waals surface area contributed by atoms with Gasteiger partial charge in [-0.05, 0) is 12.8 Å². The number of aliphatic imine (C=N–C) groups is 1. The van der Waals surface area contributed by atoms with Crippen molar-refractivity contribution in [3.05, 3.63) is 0 Å². The Balaban J connectivity index is 2.53. The molecule has 86 valence electrons. The minimum atomic E-state index is -0.435. The topological polar surface area (TPSA) is 93.9 Å². The number of nitrogens with zero attached hydrogens (tertiary/aromatic N) is 2. The second-order valence-corrected chi connectivity index (χ2v) is 3.47. The van der Waals surface area contributed by atoms with Gasteiger partial charge in [0.05, 0.1) is 19.2 Å². The van der Waals surface area contributed by atoms with Crippen molar-refractivity contribution in [2.45, 2.75) is 18.9 Å². The van der Waals surface area contributed by atoms with E-state index < -0.39 is 6.04 Å². The molecule has 0 aromatic carbocycles. The minimum absolute atomic E-state index is 0.139. The molecule has 1 fully saturated rings. The molecular formula is C9H18N4O2. The molecule has 1 rings (SSSR count). The number of hydrogen-bond acceptors (Lipinski definition) is 4. The van der Waals surface area contributed by atoms with Crippen LogP contribution in [0, 0.1) is 0 Å². The number of ether oxygens (including phenoxy) is 1. The van der Waals surface area contributed by atoms with Gasteiger partial charge in [-0.25, -0.2) is 0 Å². The highest BCUT2D eigenvalue weighted by molar-refractivity contribution is 5.99. The maximum atomic E-state index is 11.6. The monoisotopic (exact) mass is 214 g/mol. The predicted octanol–water partition coefficient (Wildman–Crippen LogP) is -1.10. The first kappa shape index (κ1) is 11.9. The molecule has 1 aliphatic rings. The molecule has 1 heterocycles. The zero-order valence-corrected chi connectivity index (χ0v) is 8.98. The third-order valence-electron chi connectivity index (χ3n) is 2.33. The number of methoxy groups -OCH3 is 1. The Hall–Kier alpha value is -1.14. The van der Waals surface area contributed by atoms with Crippen molar-refractivity contribution in [3.8, 4) is 0 Å². The van der Waals surface area contributed by atoms with E-state index in [0.717, 1.165) is 12.8 Å². The van der Waals surface area contributed by atoms with Gasteiger partial charge in [-0.2, -0.15) is 0 Å². The maximum absolute atomic E-state index is 11.6. The highest BCUT2D eigenvalue weighted by atomic mass is 16.5. The molecule has 0 aromatic rings. The van der Waals surface area contributed by atoms with E-state index in [9.17, 15) is 4.79 Å². The van der Waals surface area contributed by atoms with Crippen molar-refractivity contribution in [1.82, 2.24) is 4.90 Å². The predicted molar refractivity (Wildman–Crippen MR) is 57.3 cm³/mol. The Kier molecular flexibility index (Phi) is 4.51. The van der Waals surface area contributed by atoms with Crippen molar-refractivity contribution in [2.24, 2.45) is 16.5 Å². The molecule has 4 N–H and O–H groups in total. The van der Waals surface area contributed by atoms with Crippen LogP contribution in [0.4, 0.5) is 0 Å². The molecule has 1 atom stereocenters. The van der Waals surface area contributed by atoms with Gasteiger partial charge in [0.25, 0.3) is 0 Å². The molecule has 6 heteroatoms. The lowest BCUT2D eigenvalue weighted by Crippen LogP contribution is -2.53. The highest BCUT2D eigenvalue weighted by Crippen LogP contribution is 2.09. The van der Waals surface area contributed by atoms with Gasteiger partial charge in [0, 0.05) is 13.7 Å². The van der Waals surface area contributed by atoms with Crippen LogP contribution in [0.2, 0.25) is 0 Å². The number of likely N-dealkylation sites (tertiary alicyclic amines) is 1. The van der Waals surface area contributed by atoms with Crippen molar-refractivity contribution >= 4 is 11.9 Å². The van der Waals surface area contributed by atoms with Crippen molar-refractivity contribution < 1.29 is 9.53 Å². The van der Waals surface area contributed by atoms with Crippen LogP contribution in [0.5, 0.6) is 0 Å². The van der Waals surface area contributed by atoms with Gasteiger partial charge in [-0.15, -0.1) is 0 Å². The van der Waals surface area contributed by atoms with E-state index in [1.54, 1.807) is 7.11 Å². The molecule has 15 heavy (non-hydrogen) atoms. The number of rotatable bonds is 3. The van der Waals surface area contributed by atoms with Crippen LogP contribution in [-0.4, -0.2) is 49.6 Å². The van der Waals surface area contributed by atoms with Gasteiger partial charge in [-0.3, -0.25) is 14.7 Å². The fourth-order valence-corrected chi connectivity index (χ4v) is 1.47. The number of carbonyl (C=O) groups excluding carboxylic acids is 1. The fourth-order valence-electron chi connectivity index (χ4n) is 1.47. The number of amides is 1. The smallest absolute Gasteiger partial charge is 0.246 e. The van der Waals surface area contributed by atoms with Crippen molar-refractivity contribution in [3.63, 3.8) is 0 Å². The average Bonchev–Trinajstić information content (AvgIpc) is 2.22. The summed E-state index contributed by atoms with van der Waals surface area (Å²) in [5.74, 6) is 0.104. The SMILES string of the molecule is COCCN=C(N)N1CCCC(N)C1=O. The Morgan fingerprint density at radius 1 is 1.73 bits per heavy atom. The average molecular weight is 214 g/mol. The summed E-state index contributed by atoms with van der Waals surface area (Å²) in [7, 11) is 1.59. The van der Waals surface area contributed by atoms with Gasteiger partial charge in [0.2, 0.25) is 5.91 Å². The summed E-state index contributed by atoms with van der Waals surface area (Å²) in [5.41, 5.74) is 11.3. The summed E-state index contributed by atoms with van der Waals surface area (Å²) in [4.78, 5) is 17.1. The maximum Gasteiger partial charge on any atom is 0.246 e. The van der Waals surface area contributed by atoms with E-state index in [1.165, 1.54) is 4.90 Å². The summed E-state index contributed by atoms with van der Waals surface area (Å²) in [5, 5.41) is 0. The van der Waals surface area contributed by atoms with Gasteiger partial charge in [-0.1, -0.05) is 0 Å². The Morgan fingerprint density at radius 2 is 2.47 bits per heavy atom. The van der Waals surface area contributed by atoms with Crippen LogP contribution >= 0.6 is 0 Å². The molecule has 1 saturated heterocycles. The first-order chi connectivity index (χ1) is 7.16. The zero-order chi connectivity index (χ0) is 11.3. The largest absolute Gasteiger partial charge is 0.383 e. The highest BCUT2D eigenvalue weighted by Gasteiger charge is 2.27. The van der Waals surface area contributed by atoms with E-state index in [2.05, 4.69) is 4.99 Å². The number of nitrogens with two attached hydrogens (primary N) is 2. The van der Waals surface area contributed by atoms with Crippen molar-refractivity contribution in [1.29, 1.82) is 0 Å². The number of carbonyl (C=O) groups is 1. The summed E-state index contributed by atoms with van der Waals surface area (Å²) in [6.45, 7) is 1.56. The Morgan fingerprint density at radius 3 is 3.13 bits per heavy atom. The van der Waals surface area contributed by atoms with Crippen LogP contribution in [0.1, 0.15) is 12.8 Å². The van der Waals surface area contributed by atoms with Gasteiger partial charge in [0.15, 0.2) is 5.96 Å². The van der Waals surface area contributed by atoms with Gasteiger partial charge < -0.3 is 16.2 Å². The molecule has 6 nitrogen and oxygen atoms in total. The fraction of sp³-hybridized carbons (Fsp3) is 0.778. The van der Waals surface area contributed by atoms with E-state index in [-0.39, 0.29) is 11.9 Å². The second-order valence-electron chi connectivity index (χ2n) is 3.47. The van der Waals surface area contributed by atoms with E-state index >= 15 is 0 Å². The lowest BCUT2D eigenvalue weighted by atomic mass is 10.1. The molecule has 0 aliphatic carbocycles. The second kappa shape index (κ2) is 5.67. The third kappa shape index (κ3) is 3.17. The first-order valence-corrected chi connectivity index (χ1v) is 5.02. The molecule has 1 amide bonds. The van der Waals surface area contributed by atoms with Crippen LogP contribution in [0.15, 0.2) is 4.99 Å². The lowest BCUT2D eigenvalue weighted by Gasteiger charge is -2.29. The van der Waals surface area contributed by atoms with Crippen LogP contribution < -0.4 is 11.5 Å². The number of piperidine rings is 1. The van der Waals surface area contributed by atoms with E-state index in [0.29, 0.717) is 19.7 Å². The summed E-state index contributed by atoms with van der Waals surface area (Å²) < 4.78 is 4.84. The molecular weight excluding hydrogens is 196 g/mol. The number of hydrogen-bond donors (Lipinski definition) is 2. The third-order valence-corrected chi connectivity index (χ3v) is 2.33. The molecule has 1 unspecified atom stereocenters. The van der Waals surface area contributed by atoms with Crippen molar-refractivity contribution in [2.75, 3.05) is 26.8 Å². The van der Waals surface area contributed by atoms with Gasteiger partial charge >= 0.3 is 0 Å². The van der Waals surface area contributed by atoms with E-state index in [4.69, 9.17) is 16.2 Å². The Bertz CT molecular complexity index is 254. The molecule has 0 aromatic heterocycles. The molecule has 0 saturated carbocycles. The quantitative estimate of drug-likeness (QED) is 0.354. The summed E-state index contributed by atoms with van der Waals surface area (Å²) in [6.07, 6.45) is 1.59. The van der Waals surface area contributed by atoms with Crippen LogP contribution in [0.3, 0.4) is 0 Å². The van der Waals surface area contributed by atoms with Crippen LogP contribution in [0.25, 0.3) is 0 Å². The molecule has 1 aliphatic heterocycles. The molecule has 0 spiro atoms. The Labute approximate surface area is 89.3 Å². The summed E-state index contributed by atoms with van der Waals surface area (Å²) >= 11 is 0. The van der Waals surface area contributed by atoms with Crippen LogP contribution in [-0.2, 0) is 9.53 Å². The molecule has 0 bridgehead atoms. The summed E-state index contributed by atoms with van der Waals surface area (Å²) in [6, 6.07) is -0.435. The van der Waals surface area contributed by atoms with Gasteiger partial charge in [0.1, 0.15) is 0 Å². The lowest BCUT2D eigenvalue weighted by molar-refractivity contribution is -0.130. The normalized spacial score (nSPS) is 23.3. The standard InChI is InChI=1S/C9H18N4O2/c1-15-6-4-12-9(11)13-5-2-3-7(10)8(13)14/h7H,2-6,10H2,1H3,(H2,11,12). The number of guanidine groups is 1. The minimum Gasteiger partial charge on any atom is -0.383 e.